The van der Waals surface area contributed by atoms with Crippen molar-refractivity contribution in [3.63, 3.8) is 0 Å². The van der Waals surface area contributed by atoms with Crippen LogP contribution in [0, 0.1) is 5.92 Å². The van der Waals surface area contributed by atoms with E-state index in [9.17, 15) is 13.2 Å². The van der Waals surface area contributed by atoms with Crippen LogP contribution in [0.25, 0.3) is 0 Å². The summed E-state index contributed by atoms with van der Waals surface area (Å²) in [6.45, 7) is 5.50. The predicted octanol–water partition coefficient (Wildman–Crippen LogP) is 3.79. The van der Waals surface area contributed by atoms with Crippen molar-refractivity contribution >= 4 is 41.7 Å². The molecule has 0 saturated carbocycles. The lowest BCUT2D eigenvalue weighted by molar-refractivity contribution is -0.154. The van der Waals surface area contributed by atoms with E-state index < -0.39 is 12.8 Å². The van der Waals surface area contributed by atoms with Crippen molar-refractivity contribution in [3.05, 3.63) is 23.9 Å². The first-order valence-electron chi connectivity index (χ1n) is 8.50. The van der Waals surface area contributed by atoms with Gasteiger partial charge in [0.2, 0.25) is 5.88 Å². The molecule has 2 heterocycles. The SMILES string of the molecule is CN=C(NCc1ccc(OCC(F)(F)F)nc1)N1CCSC(C(C)C)C1.I. The summed E-state index contributed by atoms with van der Waals surface area (Å²) >= 11 is 2.00. The molecule has 0 amide bonds. The summed E-state index contributed by atoms with van der Waals surface area (Å²) in [5, 5.41) is 3.87. The predicted molar refractivity (Wildman–Crippen MR) is 114 cm³/mol. The number of nitrogens with one attached hydrogen (secondary N) is 1. The Balaban J connectivity index is 0.00000364. The summed E-state index contributed by atoms with van der Waals surface area (Å²) in [6.07, 6.45) is -2.86. The van der Waals surface area contributed by atoms with Crippen LogP contribution in [0.1, 0.15) is 19.4 Å². The number of aromatic nitrogens is 1. The maximum absolute atomic E-state index is 12.1. The van der Waals surface area contributed by atoms with Gasteiger partial charge in [0.1, 0.15) is 0 Å². The third-order valence-electron chi connectivity index (χ3n) is 3.98. The van der Waals surface area contributed by atoms with Gasteiger partial charge in [-0.3, -0.25) is 4.99 Å². The number of nitrogens with zero attached hydrogens (tertiary/aromatic N) is 3. The minimum absolute atomic E-state index is 0. The lowest BCUT2D eigenvalue weighted by Gasteiger charge is -2.36. The summed E-state index contributed by atoms with van der Waals surface area (Å²) in [5.41, 5.74) is 0.845. The Morgan fingerprint density at radius 1 is 1.44 bits per heavy atom. The van der Waals surface area contributed by atoms with E-state index in [1.807, 2.05) is 11.8 Å². The molecule has 1 aromatic rings. The van der Waals surface area contributed by atoms with Gasteiger partial charge < -0.3 is 15.0 Å². The molecule has 0 aromatic carbocycles. The van der Waals surface area contributed by atoms with E-state index in [0.717, 1.165) is 30.4 Å². The van der Waals surface area contributed by atoms with Crippen LogP contribution in [0.2, 0.25) is 0 Å². The second-order valence-corrected chi connectivity index (χ2v) is 7.76. The number of ether oxygens (including phenoxy) is 1. The Kier molecular flexibility index (Phi) is 9.99. The van der Waals surface area contributed by atoms with Crippen molar-refractivity contribution < 1.29 is 17.9 Å². The van der Waals surface area contributed by atoms with E-state index >= 15 is 0 Å². The number of halogens is 4. The van der Waals surface area contributed by atoms with Crippen molar-refractivity contribution in [2.75, 3.05) is 32.5 Å². The van der Waals surface area contributed by atoms with Crippen LogP contribution in [0.5, 0.6) is 5.88 Å². The van der Waals surface area contributed by atoms with Crippen molar-refractivity contribution in [2.45, 2.75) is 31.8 Å². The van der Waals surface area contributed by atoms with Gasteiger partial charge in [-0.15, -0.1) is 24.0 Å². The number of alkyl halides is 3. The van der Waals surface area contributed by atoms with E-state index in [4.69, 9.17) is 0 Å². The molecule has 0 aliphatic carbocycles. The lowest BCUT2D eigenvalue weighted by atomic mass is 10.1. The Hall–Kier alpha value is -0.910. The molecule has 0 spiro atoms. The monoisotopic (exact) mass is 518 g/mol. The Morgan fingerprint density at radius 2 is 2.19 bits per heavy atom. The van der Waals surface area contributed by atoms with E-state index in [0.29, 0.717) is 17.7 Å². The number of hydrogen-bond acceptors (Lipinski definition) is 4. The molecule has 1 fully saturated rings. The first kappa shape index (κ1) is 24.1. The van der Waals surface area contributed by atoms with Crippen LogP contribution in [0.15, 0.2) is 23.3 Å². The second-order valence-electron chi connectivity index (χ2n) is 6.41. The van der Waals surface area contributed by atoms with Crippen LogP contribution >= 0.6 is 35.7 Å². The normalized spacial score (nSPS) is 18.3. The summed E-state index contributed by atoms with van der Waals surface area (Å²) in [6, 6.07) is 3.14. The van der Waals surface area contributed by atoms with Crippen LogP contribution in [0.4, 0.5) is 13.2 Å². The highest BCUT2D eigenvalue weighted by molar-refractivity contribution is 14.0. The zero-order valence-corrected chi connectivity index (χ0v) is 18.8. The van der Waals surface area contributed by atoms with E-state index in [1.165, 1.54) is 12.3 Å². The Bertz CT molecular complexity index is 599. The average Bonchev–Trinajstić information content (AvgIpc) is 2.61. The molecule has 1 aromatic heterocycles. The highest BCUT2D eigenvalue weighted by Gasteiger charge is 2.28. The molecule has 10 heteroatoms. The Morgan fingerprint density at radius 3 is 2.74 bits per heavy atom. The molecule has 1 aliphatic heterocycles. The van der Waals surface area contributed by atoms with E-state index in [2.05, 4.69) is 38.8 Å². The number of hydrogen-bond donors (Lipinski definition) is 1. The van der Waals surface area contributed by atoms with Crippen molar-refractivity contribution in [3.8, 4) is 5.88 Å². The van der Waals surface area contributed by atoms with Gasteiger partial charge in [0.05, 0.1) is 0 Å². The molecule has 154 valence electrons. The summed E-state index contributed by atoms with van der Waals surface area (Å²) in [5.74, 6) is 2.46. The van der Waals surface area contributed by atoms with Gasteiger partial charge in [-0.25, -0.2) is 4.98 Å². The zero-order chi connectivity index (χ0) is 19.2. The highest BCUT2D eigenvalue weighted by atomic mass is 127. The van der Waals surface area contributed by atoms with Gasteiger partial charge >= 0.3 is 6.18 Å². The number of guanidine groups is 1. The molecule has 2 rings (SSSR count). The number of aliphatic imine (C=N–C) groups is 1. The molecule has 1 N–H and O–H groups in total. The topological polar surface area (TPSA) is 49.8 Å². The molecule has 1 unspecified atom stereocenters. The molecule has 1 aliphatic rings. The van der Waals surface area contributed by atoms with Gasteiger partial charge in [-0.1, -0.05) is 19.9 Å². The summed E-state index contributed by atoms with van der Waals surface area (Å²) in [4.78, 5) is 10.5. The van der Waals surface area contributed by atoms with Gasteiger partial charge in [0.15, 0.2) is 12.6 Å². The van der Waals surface area contributed by atoms with Gasteiger partial charge in [0.25, 0.3) is 0 Å². The van der Waals surface area contributed by atoms with Crippen LogP contribution < -0.4 is 10.1 Å². The third-order valence-corrected chi connectivity index (χ3v) is 5.52. The van der Waals surface area contributed by atoms with Crippen molar-refractivity contribution in [1.82, 2.24) is 15.2 Å². The molecule has 27 heavy (non-hydrogen) atoms. The highest BCUT2D eigenvalue weighted by Crippen LogP contribution is 2.25. The molecule has 0 bridgehead atoms. The molecular formula is C17H26F3IN4OS. The Labute approximate surface area is 179 Å². The summed E-state index contributed by atoms with van der Waals surface area (Å²) in [7, 11) is 1.75. The zero-order valence-electron chi connectivity index (χ0n) is 15.6. The average molecular weight is 518 g/mol. The largest absolute Gasteiger partial charge is 0.468 e. The van der Waals surface area contributed by atoms with Gasteiger partial charge in [-0.2, -0.15) is 24.9 Å². The fourth-order valence-electron chi connectivity index (χ4n) is 2.54. The third kappa shape index (κ3) is 8.32. The smallest absolute Gasteiger partial charge is 0.422 e. The second kappa shape index (κ2) is 11.2. The van der Waals surface area contributed by atoms with E-state index in [1.54, 1.807) is 13.1 Å². The first-order chi connectivity index (χ1) is 12.3. The quantitative estimate of drug-likeness (QED) is 0.366. The lowest BCUT2D eigenvalue weighted by Crippen LogP contribution is -2.48. The minimum Gasteiger partial charge on any atom is -0.468 e. The van der Waals surface area contributed by atoms with Crippen LogP contribution in [0.3, 0.4) is 0 Å². The number of thioether (sulfide) groups is 1. The maximum Gasteiger partial charge on any atom is 0.422 e. The van der Waals surface area contributed by atoms with Gasteiger partial charge in [0, 0.05) is 49.9 Å². The van der Waals surface area contributed by atoms with Crippen molar-refractivity contribution in [1.29, 1.82) is 0 Å². The molecular weight excluding hydrogens is 492 g/mol. The summed E-state index contributed by atoms with van der Waals surface area (Å²) < 4.78 is 41.0. The molecule has 1 saturated heterocycles. The van der Waals surface area contributed by atoms with Crippen LogP contribution in [-0.2, 0) is 6.54 Å². The maximum atomic E-state index is 12.1. The fourth-order valence-corrected chi connectivity index (χ4v) is 3.84. The minimum atomic E-state index is -4.37. The standard InChI is InChI=1S/C17H25F3N4OS.HI/c1-12(2)14-10-24(6-7-26-14)16(21-3)23-9-13-4-5-15(22-8-13)25-11-17(18,19)20;/h4-5,8,12,14H,6-7,9-11H2,1-3H3,(H,21,23);1H. The van der Waals surface area contributed by atoms with Crippen molar-refractivity contribution in [2.24, 2.45) is 10.9 Å². The molecule has 0 radical (unpaired) electrons. The molecule has 1 atom stereocenters. The van der Waals surface area contributed by atoms with E-state index in [-0.39, 0.29) is 29.9 Å². The first-order valence-corrected chi connectivity index (χ1v) is 9.55. The van der Waals surface area contributed by atoms with Crippen LogP contribution in [-0.4, -0.2) is 59.8 Å². The molecule has 5 nitrogen and oxygen atoms in total. The van der Waals surface area contributed by atoms with Gasteiger partial charge in [-0.05, 0) is 11.5 Å². The number of rotatable bonds is 5. The number of pyridine rings is 1. The fraction of sp³-hybridized carbons (Fsp3) is 0.647.